The summed E-state index contributed by atoms with van der Waals surface area (Å²) in [5.74, 6) is 0. The third kappa shape index (κ3) is 15.8. The number of methoxy groups -OCH3 is 12. The van der Waals surface area contributed by atoms with Crippen LogP contribution >= 0.6 is 0 Å². The highest BCUT2D eigenvalue weighted by Gasteiger charge is 2.61. The first-order chi connectivity index (χ1) is 46.8. The second-order valence-electron chi connectivity index (χ2n) is 23.9. The number of ether oxygens (including phenoxy) is 24. The van der Waals surface area contributed by atoms with Crippen molar-refractivity contribution in [3.63, 3.8) is 0 Å². The fourth-order valence-electron chi connectivity index (χ4n) is 14.0. The van der Waals surface area contributed by atoms with Gasteiger partial charge in [0.15, 0.2) is 37.7 Å². The van der Waals surface area contributed by atoms with Gasteiger partial charge in [-0.1, -0.05) is 24.3 Å². The van der Waals surface area contributed by atoms with Gasteiger partial charge in [0.2, 0.25) is 0 Å². The van der Waals surface area contributed by atoms with Crippen molar-refractivity contribution in [2.24, 2.45) is 0 Å². The highest BCUT2D eigenvalue weighted by Crippen LogP contribution is 2.42. The molecule has 24 rings (SSSR count). The van der Waals surface area contributed by atoms with E-state index in [-0.39, 0.29) is 16.2 Å². The predicted octanol–water partition coefficient (Wildman–Crippen LogP) is -2.48. The van der Waals surface area contributed by atoms with Gasteiger partial charge >= 0.3 is 0 Å². The molecule has 22 aliphatic heterocycles. The van der Waals surface area contributed by atoms with E-state index in [0.717, 1.165) is 0 Å². The molecular weight excluding hydrogens is 1340 g/mol. The predicted molar refractivity (Wildman–Crippen MR) is 321 cm³/mol. The first-order valence-corrected chi connectivity index (χ1v) is 34.3. The van der Waals surface area contributed by atoms with E-state index in [9.17, 15) is 37.3 Å². The first kappa shape index (κ1) is 76.8. The van der Waals surface area contributed by atoms with Crippen LogP contribution in [0.3, 0.4) is 0 Å². The molecule has 0 aromatic heterocycles. The molecule has 0 aliphatic carbocycles. The average molecular weight is 1430 g/mol. The molecule has 2 aromatic carbocycles. The molecule has 18 bridgehead atoms. The molecule has 552 valence electrons. The van der Waals surface area contributed by atoms with E-state index in [1.54, 1.807) is 24.3 Å². The molecule has 2 aromatic rings. The lowest BCUT2D eigenvalue weighted by molar-refractivity contribution is -0.409. The number of aliphatic hydroxyl groups is 4. The highest BCUT2D eigenvalue weighted by molar-refractivity contribution is 7.87. The minimum absolute atomic E-state index is 0.232. The topological polar surface area (TPSA) is 389 Å². The van der Waals surface area contributed by atoms with Gasteiger partial charge in [0.25, 0.3) is 20.2 Å². The molecule has 0 saturated carbocycles. The van der Waals surface area contributed by atoms with Gasteiger partial charge < -0.3 is 134 Å². The van der Waals surface area contributed by atoms with Gasteiger partial charge in [-0.3, -0.25) is 8.37 Å². The number of benzene rings is 2. The molecule has 0 amide bonds. The second kappa shape index (κ2) is 34.2. The molecule has 97 heavy (non-hydrogen) atoms. The van der Waals surface area contributed by atoms with Crippen LogP contribution < -0.4 is 0 Å². The third-order valence-corrected chi connectivity index (χ3v) is 21.5. The number of rotatable bonds is 16. The smallest absolute Gasteiger partial charge is 0.297 e. The van der Waals surface area contributed by atoms with Crippen LogP contribution in [-0.2, 0) is 149 Å². The molecule has 36 heteroatoms. The zero-order chi connectivity index (χ0) is 69.6. The summed E-state index contributed by atoms with van der Waals surface area (Å²) in [4.78, 5) is -0.464. The van der Waals surface area contributed by atoms with Crippen molar-refractivity contribution in [2.45, 2.75) is 200 Å². The molecular formula is C61H92O34S2. The maximum absolute atomic E-state index is 14.4. The number of hydrogen-bond acceptors (Lipinski definition) is 34. The molecule has 22 aliphatic rings. The van der Waals surface area contributed by atoms with E-state index in [1.165, 1.54) is 110 Å². The lowest BCUT2D eigenvalue weighted by atomic mass is 9.94. The molecule has 22 heterocycles. The third-order valence-electron chi connectivity index (χ3n) is 18.9. The van der Waals surface area contributed by atoms with Crippen molar-refractivity contribution in [3.8, 4) is 0 Å². The quantitative estimate of drug-likeness (QED) is 0.126. The summed E-state index contributed by atoms with van der Waals surface area (Å²) in [6.45, 7) is -4.57. The monoisotopic (exact) mass is 1430 g/mol. The van der Waals surface area contributed by atoms with Gasteiger partial charge in [-0.15, -0.1) is 0 Å². The summed E-state index contributed by atoms with van der Waals surface area (Å²) in [6, 6.07) is 11.8. The molecule has 19 fully saturated rings. The Bertz CT molecular complexity index is 2930. The van der Waals surface area contributed by atoms with Crippen LogP contribution in [-0.4, -0.2) is 346 Å². The Hall–Kier alpha value is -2.86. The fourth-order valence-corrected chi connectivity index (χ4v) is 15.9. The maximum Gasteiger partial charge on any atom is 0.297 e. The minimum atomic E-state index is -4.64. The first-order valence-electron chi connectivity index (χ1n) is 31.4. The Labute approximate surface area is 562 Å². The Morgan fingerprint density at radius 1 is 0.299 bits per heavy atom. The van der Waals surface area contributed by atoms with Gasteiger partial charge in [-0.2, -0.15) is 16.8 Å². The average Bonchev–Trinajstić information content (AvgIpc) is 0.864. The Balaban J connectivity index is 1.11. The molecule has 4 N–H and O–H groups in total. The fraction of sp³-hybridized carbons (Fsp3) is 0.803. The standard InChI is InChI=1S/C61H92O34S2/c1-70-44-38-32(22-62)85-57(51(44)77-8)92-40-34(24-64)87-59(53(79-10)46(40)72-3)94-42-36-26-82-96(66,67)30-17-13-28(14-18-30)21-29-15-19-31(20-16-29)97(68,69)83-27-37-43(95-61(89-36)55(81-12)48(42)74-5)49(75-6)54(80-11)60(88-37)93-41-35(25-65)86-58(52(78-9)47(41)73-4)91-39-33(23-63)84-56(90-38)50(76-7)45(39)71-2/h13-20,32-65H,21-27H2,1-12H3/t32-,33-,34+,35+,36+,37+,38+,39+,40+,41+,42+,43+,44-,45-,46-,47+,48-,49-,50+,51+,52+,53+,54+,55+,56+,57+,58+,59+,60+,61+/m0/s1. The second-order valence-corrected chi connectivity index (χ2v) is 27.2. The Morgan fingerprint density at radius 2 is 0.505 bits per heavy atom. The maximum atomic E-state index is 14.4. The van der Waals surface area contributed by atoms with Gasteiger partial charge in [-0.05, 0) is 41.8 Å². The lowest BCUT2D eigenvalue weighted by Gasteiger charge is -2.53. The molecule has 30 atom stereocenters. The van der Waals surface area contributed by atoms with Crippen LogP contribution in [0, 0.1) is 0 Å². The van der Waals surface area contributed by atoms with E-state index < -0.39 is 244 Å². The summed E-state index contributed by atoms with van der Waals surface area (Å²) in [5.41, 5.74) is 1.33. The van der Waals surface area contributed by atoms with Gasteiger partial charge in [-0.25, -0.2) is 0 Å². The van der Waals surface area contributed by atoms with Crippen molar-refractivity contribution in [1.29, 1.82) is 0 Å². The van der Waals surface area contributed by atoms with Crippen molar-refractivity contribution >= 4 is 20.2 Å². The van der Waals surface area contributed by atoms with Crippen molar-refractivity contribution in [2.75, 3.05) is 125 Å². The molecule has 34 nitrogen and oxygen atoms in total. The van der Waals surface area contributed by atoms with Crippen LogP contribution in [0.4, 0.5) is 0 Å². The van der Waals surface area contributed by atoms with Gasteiger partial charge in [0, 0.05) is 85.3 Å². The van der Waals surface area contributed by atoms with Gasteiger partial charge in [0.05, 0.1) is 49.4 Å². The SMILES string of the molecule is CO[C@@H]1[C@@H](OC)[C@H]2O[C@H]3[C@H](OC)[C@@H](OC)[C@@H](O[C@H]4[C@H](OC)[C@@H](OC)[C@H]5O[C@H]6[C@H](OC)[C@@H](OC)[C@@H](O[C@H]7[C@@H](OC)[C@@H](OC)[C@@H](O[C@H]8[C@H](OC)[C@@H](OC)[C@@H](O[C@@H]1[C@H](CO)O2)O[C@H]8CO)O[C@@H]7CO)O[C@@H]6COS(=O)(=O)c1ccc(cc1)Cc1ccc(cc1)S(=O)(=O)OC[C@H]4O5)O[C@@H]3CO. The van der Waals surface area contributed by atoms with Crippen LogP contribution in [0.15, 0.2) is 58.3 Å². The van der Waals surface area contributed by atoms with Crippen LogP contribution in [0.25, 0.3) is 0 Å². The normalized spacial score (nSPS) is 43.5. The van der Waals surface area contributed by atoms with E-state index >= 15 is 0 Å². The van der Waals surface area contributed by atoms with Gasteiger partial charge in [0.1, 0.15) is 146 Å². The molecule has 0 spiro atoms. The minimum Gasteiger partial charge on any atom is -0.394 e. The van der Waals surface area contributed by atoms with E-state index in [4.69, 9.17) is 122 Å². The van der Waals surface area contributed by atoms with Crippen LogP contribution in [0.2, 0.25) is 0 Å². The Morgan fingerprint density at radius 3 is 0.722 bits per heavy atom. The summed E-state index contributed by atoms with van der Waals surface area (Å²) in [6.07, 6.45) is -40.7. The van der Waals surface area contributed by atoms with E-state index in [0.29, 0.717) is 11.1 Å². The summed E-state index contributed by atoms with van der Waals surface area (Å²) >= 11 is 0. The Kier molecular flexibility index (Phi) is 27.0. The largest absolute Gasteiger partial charge is 0.394 e. The summed E-state index contributed by atoms with van der Waals surface area (Å²) < 4.78 is 223. The van der Waals surface area contributed by atoms with Crippen molar-refractivity contribution in [1.82, 2.24) is 0 Å². The molecule has 0 unspecified atom stereocenters. The highest BCUT2D eigenvalue weighted by atomic mass is 32.2. The lowest BCUT2D eigenvalue weighted by Crippen LogP contribution is -2.70. The zero-order valence-electron chi connectivity index (χ0n) is 55.7. The number of hydrogen-bond donors (Lipinski definition) is 4. The van der Waals surface area contributed by atoms with E-state index in [1.807, 2.05) is 0 Å². The van der Waals surface area contributed by atoms with E-state index in [2.05, 4.69) is 0 Å². The summed E-state index contributed by atoms with van der Waals surface area (Å²) in [5, 5.41) is 44.8. The summed E-state index contributed by atoms with van der Waals surface area (Å²) in [7, 11) is 6.79. The zero-order valence-corrected chi connectivity index (χ0v) is 57.4. The van der Waals surface area contributed by atoms with Crippen LogP contribution in [0.5, 0.6) is 0 Å². The number of aliphatic hydroxyl groups excluding tert-OH is 4. The van der Waals surface area contributed by atoms with Crippen molar-refractivity contribution in [3.05, 3.63) is 59.7 Å². The molecule has 19 saturated heterocycles. The molecule has 0 radical (unpaired) electrons. The number of fused-ring (bicyclic) bond motifs is 2. The van der Waals surface area contributed by atoms with Crippen molar-refractivity contribution < 1.29 is 159 Å². The van der Waals surface area contributed by atoms with Crippen LogP contribution in [0.1, 0.15) is 11.1 Å².